The Hall–Kier alpha value is -3.95. The smallest absolute Gasteiger partial charge is 0.331 e. The molecule has 0 unspecified atom stereocenters. The van der Waals surface area contributed by atoms with E-state index in [2.05, 4.69) is 0 Å². The normalized spacial score (nSPS) is 12.1. The highest BCUT2D eigenvalue weighted by Gasteiger charge is 2.22. The van der Waals surface area contributed by atoms with Gasteiger partial charge < -0.3 is 14.2 Å². The number of carbonyl (C=O) groups is 1. The van der Waals surface area contributed by atoms with E-state index in [1.54, 1.807) is 6.07 Å². The summed E-state index contributed by atoms with van der Waals surface area (Å²) in [4.78, 5) is 32.8. The predicted molar refractivity (Wildman–Crippen MR) is 91.1 cm³/mol. The molecule has 1 aliphatic heterocycles. The summed E-state index contributed by atoms with van der Waals surface area (Å²) in [6.45, 7) is -0.346. The van der Waals surface area contributed by atoms with Crippen molar-refractivity contribution in [2.24, 2.45) is 0 Å². The fourth-order valence-electron chi connectivity index (χ4n) is 2.40. The summed E-state index contributed by atoms with van der Waals surface area (Å²) in [5, 5.41) is 22.1. The molecule has 3 rings (SSSR count). The zero-order chi connectivity index (χ0) is 19.4. The third-order valence-corrected chi connectivity index (χ3v) is 3.68. The quantitative estimate of drug-likeness (QED) is 0.327. The highest BCUT2D eigenvalue weighted by molar-refractivity contribution is 5.88. The van der Waals surface area contributed by atoms with Gasteiger partial charge in [0.2, 0.25) is 6.79 Å². The number of nitro groups is 2. The van der Waals surface area contributed by atoms with Gasteiger partial charge in [-0.2, -0.15) is 0 Å². The summed E-state index contributed by atoms with van der Waals surface area (Å²) < 4.78 is 15.2. The van der Waals surface area contributed by atoms with Crippen LogP contribution in [0.1, 0.15) is 11.1 Å². The van der Waals surface area contributed by atoms with Gasteiger partial charge in [0.05, 0.1) is 27.0 Å². The lowest BCUT2D eigenvalue weighted by molar-refractivity contribution is -0.385. The lowest BCUT2D eigenvalue weighted by Gasteiger charge is -2.03. The number of esters is 1. The molecule has 2 aromatic rings. The second-order valence-electron chi connectivity index (χ2n) is 5.35. The van der Waals surface area contributed by atoms with Crippen LogP contribution in [0.4, 0.5) is 11.4 Å². The Morgan fingerprint density at radius 1 is 1.07 bits per heavy atom. The summed E-state index contributed by atoms with van der Waals surface area (Å²) in [7, 11) is 0. The number of carbonyl (C=O) groups excluding carboxylic acids is 1. The molecule has 0 saturated carbocycles. The molecule has 2 aromatic carbocycles. The van der Waals surface area contributed by atoms with Crippen molar-refractivity contribution in [1.82, 2.24) is 0 Å². The second kappa shape index (κ2) is 7.52. The summed E-state index contributed by atoms with van der Waals surface area (Å²) in [5.74, 6) is -0.230. The van der Waals surface area contributed by atoms with Gasteiger partial charge in [0.1, 0.15) is 6.61 Å². The Morgan fingerprint density at radius 3 is 2.44 bits per heavy atom. The molecule has 138 valence electrons. The van der Waals surface area contributed by atoms with Gasteiger partial charge in [-0.1, -0.05) is 12.1 Å². The molecule has 10 heteroatoms. The third-order valence-electron chi connectivity index (χ3n) is 3.68. The van der Waals surface area contributed by atoms with Gasteiger partial charge in [0, 0.05) is 12.1 Å². The zero-order valence-electron chi connectivity index (χ0n) is 13.7. The Balaban J connectivity index is 1.72. The van der Waals surface area contributed by atoms with E-state index in [9.17, 15) is 25.0 Å². The molecular weight excluding hydrogens is 360 g/mol. The van der Waals surface area contributed by atoms with Crippen LogP contribution in [0.5, 0.6) is 11.5 Å². The number of fused-ring (bicyclic) bond motifs is 1. The molecule has 0 saturated heterocycles. The molecule has 1 aliphatic rings. The molecule has 10 nitrogen and oxygen atoms in total. The van der Waals surface area contributed by atoms with E-state index in [0.29, 0.717) is 5.75 Å². The average Bonchev–Trinajstić information content (AvgIpc) is 3.11. The van der Waals surface area contributed by atoms with Gasteiger partial charge >= 0.3 is 5.97 Å². The Kier molecular flexibility index (Phi) is 4.97. The second-order valence-corrected chi connectivity index (χ2v) is 5.35. The first kappa shape index (κ1) is 17.9. The lowest BCUT2D eigenvalue weighted by Crippen LogP contribution is -2.03. The molecule has 0 fully saturated rings. The van der Waals surface area contributed by atoms with E-state index in [0.717, 1.165) is 6.08 Å². The monoisotopic (exact) mass is 372 g/mol. The minimum Gasteiger partial charge on any atom is -0.457 e. The maximum absolute atomic E-state index is 11.9. The van der Waals surface area contributed by atoms with Crippen molar-refractivity contribution in [3.05, 3.63) is 73.8 Å². The summed E-state index contributed by atoms with van der Waals surface area (Å²) in [5.41, 5.74) is -0.0621. The Morgan fingerprint density at radius 2 is 1.74 bits per heavy atom. The SMILES string of the molecule is O=C(/C=C/c1cc2c(cc1[N+](=O)[O-])OCO2)OCc1ccccc1[N+](=O)[O-]. The van der Waals surface area contributed by atoms with Crippen molar-refractivity contribution in [2.75, 3.05) is 6.79 Å². The number of hydrogen-bond acceptors (Lipinski definition) is 8. The van der Waals surface area contributed by atoms with Crippen molar-refractivity contribution >= 4 is 23.4 Å². The van der Waals surface area contributed by atoms with Crippen LogP contribution >= 0.6 is 0 Å². The first-order valence-electron chi connectivity index (χ1n) is 7.61. The number of nitro benzene ring substituents is 2. The number of hydrogen-bond donors (Lipinski definition) is 0. The number of rotatable bonds is 6. The molecule has 0 amide bonds. The number of para-hydroxylation sites is 1. The van der Waals surface area contributed by atoms with E-state index in [1.807, 2.05) is 0 Å². The van der Waals surface area contributed by atoms with Crippen LogP contribution in [0.3, 0.4) is 0 Å². The van der Waals surface area contributed by atoms with Crippen molar-refractivity contribution in [3.63, 3.8) is 0 Å². The van der Waals surface area contributed by atoms with Crippen molar-refractivity contribution < 1.29 is 28.9 Å². The summed E-state index contributed by atoms with van der Waals surface area (Å²) in [6, 6.07) is 8.45. The average molecular weight is 372 g/mol. The molecule has 0 radical (unpaired) electrons. The maximum atomic E-state index is 11.9. The van der Waals surface area contributed by atoms with Crippen molar-refractivity contribution in [2.45, 2.75) is 6.61 Å². The highest BCUT2D eigenvalue weighted by atomic mass is 16.7. The topological polar surface area (TPSA) is 131 Å². The van der Waals surface area contributed by atoms with Gasteiger partial charge in [-0.05, 0) is 18.2 Å². The van der Waals surface area contributed by atoms with Crippen LogP contribution < -0.4 is 9.47 Å². The fraction of sp³-hybridized carbons (Fsp3) is 0.118. The zero-order valence-corrected chi connectivity index (χ0v) is 13.7. The third kappa shape index (κ3) is 4.00. The minimum atomic E-state index is -0.805. The molecule has 0 bridgehead atoms. The first-order chi connectivity index (χ1) is 13.0. The molecule has 0 N–H and O–H groups in total. The molecule has 27 heavy (non-hydrogen) atoms. The van der Waals surface area contributed by atoms with Crippen LogP contribution in [0.2, 0.25) is 0 Å². The van der Waals surface area contributed by atoms with E-state index in [4.69, 9.17) is 14.2 Å². The summed E-state index contributed by atoms with van der Waals surface area (Å²) in [6.07, 6.45) is 2.21. The molecule has 0 atom stereocenters. The minimum absolute atomic E-state index is 0.0441. The molecule has 0 spiro atoms. The van der Waals surface area contributed by atoms with E-state index >= 15 is 0 Å². The van der Waals surface area contributed by atoms with Crippen molar-refractivity contribution in [1.29, 1.82) is 0 Å². The van der Waals surface area contributed by atoms with Crippen LogP contribution in [0.25, 0.3) is 6.08 Å². The molecule has 0 aromatic heterocycles. The predicted octanol–water partition coefficient (Wildman–Crippen LogP) is 2.99. The van der Waals surface area contributed by atoms with E-state index in [-0.39, 0.29) is 41.7 Å². The van der Waals surface area contributed by atoms with Gasteiger partial charge in [-0.15, -0.1) is 0 Å². The van der Waals surface area contributed by atoms with Gasteiger partial charge in [0.15, 0.2) is 11.5 Å². The number of ether oxygens (including phenoxy) is 3. The molecule has 1 heterocycles. The maximum Gasteiger partial charge on any atom is 0.331 e. The van der Waals surface area contributed by atoms with E-state index in [1.165, 1.54) is 36.4 Å². The fourth-order valence-corrected chi connectivity index (χ4v) is 2.40. The largest absolute Gasteiger partial charge is 0.457 e. The van der Waals surface area contributed by atoms with Gasteiger partial charge in [-0.3, -0.25) is 20.2 Å². The number of benzene rings is 2. The van der Waals surface area contributed by atoms with Crippen LogP contribution in [0.15, 0.2) is 42.5 Å². The van der Waals surface area contributed by atoms with Crippen LogP contribution in [-0.2, 0) is 16.1 Å². The number of nitrogens with zero attached hydrogens (tertiary/aromatic N) is 2. The summed E-state index contributed by atoms with van der Waals surface area (Å²) >= 11 is 0. The standard InChI is InChI=1S/C17H12N2O8/c20-17(25-9-12-3-1-2-4-13(12)18(21)22)6-5-11-7-15-16(27-10-26-15)8-14(11)19(23)24/h1-8H,9-10H2/b6-5+. The van der Waals surface area contributed by atoms with Crippen LogP contribution in [-0.4, -0.2) is 22.6 Å². The van der Waals surface area contributed by atoms with Crippen molar-refractivity contribution in [3.8, 4) is 11.5 Å². The van der Waals surface area contributed by atoms with Crippen LogP contribution in [0, 0.1) is 20.2 Å². The Bertz CT molecular complexity index is 954. The first-order valence-corrected chi connectivity index (χ1v) is 7.61. The lowest BCUT2D eigenvalue weighted by atomic mass is 10.1. The molecule has 0 aliphatic carbocycles. The van der Waals surface area contributed by atoms with E-state index < -0.39 is 15.8 Å². The van der Waals surface area contributed by atoms with Gasteiger partial charge in [0.25, 0.3) is 11.4 Å². The highest BCUT2D eigenvalue weighted by Crippen LogP contribution is 2.38. The van der Waals surface area contributed by atoms with Gasteiger partial charge in [-0.25, -0.2) is 4.79 Å². The Labute approximate surface area is 151 Å². The molecular formula is C17H12N2O8.